The lowest BCUT2D eigenvalue weighted by molar-refractivity contribution is 0.632. The number of aryl methyl sites for hydroxylation is 1. The predicted octanol–water partition coefficient (Wildman–Crippen LogP) is 4.40. The Balaban J connectivity index is 2.46. The molecule has 0 unspecified atom stereocenters. The molecule has 1 N–H and O–H groups in total. The van der Waals surface area contributed by atoms with Crippen molar-refractivity contribution >= 4 is 23.0 Å². The Morgan fingerprint density at radius 1 is 1.28 bits per heavy atom. The van der Waals surface area contributed by atoms with Crippen LogP contribution in [0.15, 0.2) is 36.4 Å². The van der Waals surface area contributed by atoms with Gasteiger partial charge in [0.1, 0.15) is 11.9 Å². The molecule has 0 heterocycles. The van der Waals surface area contributed by atoms with Crippen LogP contribution in [0.5, 0.6) is 0 Å². The van der Waals surface area contributed by atoms with Gasteiger partial charge in [-0.1, -0.05) is 23.7 Å². The average Bonchev–Trinajstić information content (AvgIpc) is 2.34. The molecule has 0 aliphatic heterocycles. The Morgan fingerprint density at radius 3 is 2.72 bits per heavy atom. The molecular formula is C14H10ClFN2. The minimum atomic E-state index is -0.451. The molecule has 0 bridgehead atoms. The van der Waals surface area contributed by atoms with E-state index in [4.69, 9.17) is 16.9 Å². The van der Waals surface area contributed by atoms with Gasteiger partial charge < -0.3 is 5.32 Å². The van der Waals surface area contributed by atoms with Crippen LogP contribution in [0, 0.1) is 24.1 Å². The van der Waals surface area contributed by atoms with Crippen LogP contribution < -0.4 is 5.32 Å². The first-order valence-corrected chi connectivity index (χ1v) is 5.71. The second-order valence-electron chi connectivity index (χ2n) is 3.88. The first kappa shape index (κ1) is 12.4. The molecule has 2 rings (SSSR count). The summed E-state index contributed by atoms with van der Waals surface area (Å²) in [7, 11) is 0. The largest absolute Gasteiger partial charge is 0.351 e. The van der Waals surface area contributed by atoms with E-state index in [1.54, 1.807) is 18.2 Å². The van der Waals surface area contributed by atoms with Gasteiger partial charge in [0.15, 0.2) is 0 Å². The standard InChI is InChI=1S/C14H10ClFN2/c1-9-5-6-10(8-17)13(7-9)18-14-11(15)3-2-4-12(14)16/h2-7,18H,1H3. The van der Waals surface area contributed by atoms with Crippen LogP contribution in [-0.4, -0.2) is 0 Å². The summed E-state index contributed by atoms with van der Waals surface area (Å²) in [6.07, 6.45) is 0. The number of benzene rings is 2. The third-order valence-corrected chi connectivity index (χ3v) is 2.83. The van der Waals surface area contributed by atoms with E-state index in [-0.39, 0.29) is 10.7 Å². The van der Waals surface area contributed by atoms with Gasteiger partial charge in [-0.3, -0.25) is 0 Å². The molecule has 0 atom stereocenters. The highest BCUT2D eigenvalue weighted by molar-refractivity contribution is 6.33. The molecule has 90 valence electrons. The highest BCUT2D eigenvalue weighted by atomic mass is 35.5. The van der Waals surface area contributed by atoms with E-state index in [9.17, 15) is 4.39 Å². The Bertz CT molecular complexity index is 612. The van der Waals surface area contributed by atoms with Crippen molar-refractivity contribution in [3.05, 3.63) is 58.4 Å². The molecule has 18 heavy (non-hydrogen) atoms. The number of para-hydroxylation sites is 1. The van der Waals surface area contributed by atoms with Crippen molar-refractivity contribution in [3.63, 3.8) is 0 Å². The maximum absolute atomic E-state index is 13.6. The van der Waals surface area contributed by atoms with E-state index >= 15 is 0 Å². The van der Waals surface area contributed by atoms with E-state index in [0.29, 0.717) is 11.3 Å². The number of halogens is 2. The van der Waals surface area contributed by atoms with Gasteiger partial charge >= 0.3 is 0 Å². The second-order valence-corrected chi connectivity index (χ2v) is 4.29. The summed E-state index contributed by atoms with van der Waals surface area (Å²) < 4.78 is 13.6. The summed E-state index contributed by atoms with van der Waals surface area (Å²) >= 11 is 5.93. The number of nitrogens with one attached hydrogen (secondary N) is 1. The summed E-state index contributed by atoms with van der Waals surface area (Å²) in [6, 6.07) is 11.8. The van der Waals surface area contributed by atoms with E-state index in [1.807, 2.05) is 13.0 Å². The van der Waals surface area contributed by atoms with Crippen LogP contribution in [0.4, 0.5) is 15.8 Å². The van der Waals surface area contributed by atoms with E-state index in [2.05, 4.69) is 11.4 Å². The van der Waals surface area contributed by atoms with Crippen LogP contribution >= 0.6 is 11.6 Å². The third kappa shape index (κ3) is 2.44. The van der Waals surface area contributed by atoms with Crippen molar-refractivity contribution in [2.45, 2.75) is 6.92 Å². The van der Waals surface area contributed by atoms with Gasteiger partial charge in [0.25, 0.3) is 0 Å². The quantitative estimate of drug-likeness (QED) is 0.869. The molecule has 2 aromatic carbocycles. The van der Waals surface area contributed by atoms with Gasteiger partial charge in [-0.2, -0.15) is 5.26 Å². The monoisotopic (exact) mass is 260 g/mol. The molecule has 0 aromatic heterocycles. The number of anilines is 2. The fourth-order valence-corrected chi connectivity index (χ4v) is 1.82. The summed E-state index contributed by atoms with van der Waals surface area (Å²) in [6.45, 7) is 1.90. The van der Waals surface area contributed by atoms with Crippen molar-refractivity contribution in [3.8, 4) is 6.07 Å². The summed E-state index contributed by atoms with van der Waals surface area (Å²) in [4.78, 5) is 0. The van der Waals surface area contributed by atoms with Gasteiger partial charge in [0, 0.05) is 0 Å². The van der Waals surface area contributed by atoms with Crippen molar-refractivity contribution in [2.75, 3.05) is 5.32 Å². The zero-order valence-electron chi connectivity index (χ0n) is 9.67. The Labute approximate surface area is 110 Å². The predicted molar refractivity (Wildman–Crippen MR) is 70.6 cm³/mol. The Hall–Kier alpha value is -2.05. The lowest BCUT2D eigenvalue weighted by atomic mass is 10.1. The topological polar surface area (TPSA) is 35.8 Å². The zero-order chi connectivity index (χ0) is 13.1. The molecule has 0 radical (unpaired) electrons. The van der Waals surface area contributed by atoms with Crippen LogP contribution in [0.3, 0.4) is 0 Å². The molecule has 0 saturated heterocycles. The maximum atomic E-state index is 13.6. The zero-order valence-corrected chi connectivity index (χ0v) is 10.4. The van der Waals surface area contributed by atoms with E-state index in [1.165, 1.54) is 12.1 Å². The molecule has 0 aliphatic carbocycles. The van der Waals surface area contributed by atoms with Crippen LogP contribution in [-0.2, 0) is 0 Å². The van der Waals surface area contributed by atoms with Gasteiger partial charge in [-0.15, -0.1) is 0 Å². The highest BCUT2D eigenvalue weighted by Crippen LogP contribution is 2.29. The van der Waals surface area contributed by atoms with Crippen molar-refractivity contribution < 1.29 is 4.39 Å². The van der Waals surface area contributed by atoms with Gasteiger partial charge in [0.05, 0.1) is 22.0 Å². The van der Waals surface area contributed by atoms with Crippen molar-refractivity contribution in [2.24, 2.45) is 0 Å². The fourth-order valence-electron chi connectivity index (χ4n) is 1.61. The molecule has 0 fully saturated rings. The van der Waals surface area contributed by atoms with Crippen LogP contribution in [0.25, 0.3) is 0 Å². The molecule has 0 amide bonds. The maximum Gasteiger partial charge on any atom is 0.148 e. The summed E-state index contributed by atoms with van der Waals surface area (Å²) in [5.74, 6) is -0.451. The number of hydrogen-bond acceptors (Lipinski definition) is 2. The summed E-state index contributed by atoms with van der Waals surface area (Å²) in [5, 5.41) is 12.2. The molecule has 2 aromatic rings. The first-order valence-electron chi connectivity index (χ1n) is 5.33. The van der Waals surface area contributed by atoms with Gasteiger partial charge in [-0.05, 0) is 36.8 Å². The van der Waals surface area contributed by atoms with Crippen molar-refractivity contribution in [1.29, 1.82) is 5.26 Å². The van der Waals surface area contributed by atoms with Crippen LogP contribution in [0.2, 0.25) is 5.02 Å². The third-order valence-electron chi connectivity index (χ3n) is 2.52. The number of nitriles is 1. The molecule has 0 saturated carbocycles. The smallest absolute Gasteiger partial charge is 0.148 e. The van der Waals surface area contributed by atoms with E-state index < -0.39 is 5.82 Å². The number of rotatable bonds is 2. The molecule has 0 spiro atoms. The number of hydrogen-bond donors (Lipinski definition) is 1. The SMILES string of the molecule is Cc1ccc(C#N)c(Nc2c(F)cccc2Cl)c1. The average molecular weight is 261 g/mol. The first-order chi connectivity index (χ1) is 8.61. The van der Waals surface area contributed by atoms with Crippen LogP contribution in [0.1, 0.15) is 11.1 Å². The van der Waals surface area contributed by atoms with Gasteiger partial charge in [-0.25, -0.2) is 4.39 Å². The molecule has 4 heteroatoms. The van der Waals surface area contributed by atoms with E-state index in [0.717, 1.165) is 5.56 Å². The second kappa shape index (κ2) is 5.07. The fraction of sp³-hybridized carbons (Fsp3) is 0.0714. The minimum absolute atomic E-state index is 0.182. The highest BCUT2D eigenvalue weighted by Gasteiger charge is 2.09. The Kier molecular flexibility index (Phi) is 3.50. The Morgan fingerprint density at radius 2 is 2.06 bits per heavy atom. The molecule has 0 aliphatic rings. The van der Waals surface area contributed by atoms with Gasteiger partial charge in [0.2, 0.25) is 0 Å². The normalized spacial score (nSPS) is 9.89. The molecular weight excluding hydrogens is 251 g/mol. The molecule has 2 nitrogen and oxygen atoms in total. The lowest BCUT2D eigenvalue weighted by Crippen LogP contribution is -1.97. The minimum Gasteiger partial charge on any atom is -0.351 e. The lowest BCUT2D eigenvalue weighted by Gasteiger charge is -2.11. The summed E-state index contributed by atoms with van der Waals surface area (Å²) in [5.41, 5.74) is 2.15. The van der Waals surface area contributed by atoms with Crippen molar-refractivity contribution in [1.82, 2.24) is 0 Å². The number of nitrogens with zero attached hydrogens (tertiary/aromatic N) is 1.